The summed E-state index contributed by atoms with van der Waals surface area (Å²) in [5, 5.41) is 9.00. The molecular weight excluding hydrogens is 190 g/mol. The number of hydrogen-bond donors (Lipinski definition) is 1. The second kappa shape index (κ2) is 4.64. The molecule has 1 atom stereocenters. The molecule has 1 aromatic carbocycles. The predicted octanol–water partition coefficient (Wildman–Crippen LogP) is 1.26. The number of likely N-dealkylation sites (N-methyl/N-ethyl adjacent to an activating group) is 1. The lowest BCUT2D eigenvalue weighted by atomic mass is 10.2. The Kier molecular flexibility index (Phi) is 3.23. The molecule has 15 heavy (non-hydrogen) atoms. The molecule has 2 rings (SSSR count). The summed E-state index contributed by atoms with van der Waals surface area (Å²) in [7, 11) is 2.10. The highest BCUT2D eigenvalue weighted by Crippen LogP contribution is 2.18. The Morgan fingerprint density at radius 2 is 2.40 bits per heavy atom. The zero-order chi connectivity index (χ0) is 10.7. The van der Waals surface area contributed by atoms with Gasteiger partial charge < -0.3 is 14.7 Å². The van der Waals surface area contributed by atoms with Gasteiger partial charge in [-0.05, 0) is 31.2 Å². The first-order valence-electron chi connectivity index (χ1n) is 5.33. The van der Waals surface area contributed by atoms with Gasteiger partial charge in [0.1, 0.15) is 11.9 Å². The smallest absolute Gasteiger partial charge is 0.120 e. The molecule has 3 nitrogen and oxygen atoms in total. The molecule has 1 N–H and O–H groups in total. The summed E-state index contributed by atoms with van der Waals surface area (Å²) < 4.78 is 5.84. The minimum atomic E-state index is 0.0712. The van der Waals surface area contributed by atoms with Gasteiger partial charge in [0.05, 0.1) is 6.61 Å². The van der Waals surface area contributed by atoms with Gasteiger partial charge in [0.15, 0.2) is 0 Å². The average Bonchev–Trinajstić information content (AvgIpc) is 2.64. The van der Waals surface area contributed by atoms with Crippen molar-refractivity contribution >= 4 is 0 Å². The van der Waals surface area contributed by atoms with Crippen LogP contribution >= 0.6 is 0 Å². The first-order valence-corrected chi connectivity index (χ1v) is 5.33. The van der Waals surface area contributed by atoms with E-state index in [2.05, 4.69) is 11.9 Å². The monoisotopic (exact) mass is 207 g/mol. The van der Waals surface area contributed by atoms with Gasteiger partial charge in [-0.3, -0.25) is 0 Å². The minimum absolute atomic E-state index is 0.0712. The number of likely N-dealkylation sites (tertiary alicyclic amines) is 1. The Bertz CT molecular complexity index is 327. The molecule has 0 aromatic heterocycles. The third-order valence-corrected chi connectivity index (χ3v) is 2.73. The fourth-order valence-corrected chi connectivity index (χ4v) is 1.90. The summed E-state index contributed by atoms with van der Waals surface area (Å²) >= 11 is 0. The second-order valence-corrected chi connectivity index (χ2v) is 4.10. The van der Waals surface area contributed by atoms with Crippen LogP contribution in [0.2, 0.25) is 0 Å². The van der Waals surface area contributed by atoms with E-state index in [1.54, 1.807) is 0 Å². The first-order chi connectivity index (χ1) is 7.28. The standard InChI is InChI=1S/C12H17NO2/c1-13-6-5-12(8-13)15-11-4-2-3-10(7-11)9-14/h2-4,7,12,14H,5-6,8-9H2,1H3/t12-/m1/s1. The van der Waals surface area contributed by atoms with Gasteiger partial charge in [-0.2, -0.15) is 0 Å². The van der Waals surface area contributed by atoms with Gasteiger partial charge in [-0.15, -0.1) is 0 Å². The second-order valence-electron chi connectivity index (χ2n) is 4.10. The quantitative estimate of drug-likeness (QED) is 0.810. The Hall–Kier alpha value is -1.06. The van der Waals surface area contributed by atoms with E-state index in [0.717, 1.165) is 30.8 Å². The molecule has 1 heterocycles. The van der Waals surface area contributed by atoms with E-state index in [1.807, 2.05) is 24.3 Å². The van der Waals surface area contributed by atoms with Gasteiger partial charge in [0, 0.05) is 13.1 Å². The number of aliphatic hydroxyl groups is 1. The summed E-state index contributed by atoms with van der Waals surface area (Å²) in [6.07, 6.45) is 1.38. The van der Waals surface area contributed by atoms with E-state index >= 15 is 0 Å². The van der Waals surface area contributed by atoms with Crippen LogP contribution in [-0.4, -0.2) is 36.2 Å². The van der Waals surface area contributed by atoms with Crippen molar-refractivity contribution in [2.75, 3.05) is 20.1 Å². The van der Waals surface area contributed by atoms with Crippen LogP contribution in [0.1, 0.15) is 12.0 Å². The zero-order valence-electron chi connectivity index (χ0n) is 9.02. The first kappa shape index (κ1) is 10.5. The maximum atomic E-state index is 9.00. The van der Waals surface area contributed by atoms with Crippen molar-refractivity contribution in [3.05, 3.63) is 29.8 Å². The van der Waals surface area contributed by atoms with E-state index in [-0.39, 0.29) is 6.61 Å². The van der Waals surface area contributed by atoms with Crippen molar-refractivity contribution in [3.8, 4) is 5.75 Å². The number of aliphatic hydroxyl groups excluding tert-OH is 1. The number of ether oxygens (including phenoxy) is 1. The van der Waals surface area contributed by atoms with Crippen LogP contribution in [0.4, 0.5) is 0 Å². The summed E-state index contributed by atoms with van der Waals surface area (Å²) in [6.45, 7) is 2.16. The van der Waals surface area contributed by atoms with Crippen LogP contribution in [0.5, 0.6) is 5.75 Å². The van der Waals surface area contributed by atoms with E-state index in [4.69, 9.17) is 9.84 Å². The van der Waals surface area contributed by atoms with E-state index in [9.17, 15) is 0 Å². The molecule has 0 amide bonds. The molecule has 0 unspecified atom stereocenters. The molecule has 0 radical (unpaired) electrons. The van der Waals surface area contributed by atoms with E-state index in [0.29, 0.717) is 6.10 Å². The molecule has 1 aromatic rings. The molecule has 3 heteroatoms. The van der Waals surface area contributed by atoms with Crippen molar-refractivity contribution < 1.29 is 9.84 Å². The molecule has 1 saturated heterocycles. The van der Waals surface area contributed by atoms with Gasteiger partial charge in [0.2, 0.25) is 0 Å². The number of hydrogen-bond acceptors (Lipinski definition) is 3. The van der Waals surface area contributed by atoms with Crippen LogP contribution in [0, 0.1) is 0 Å². The van der Waals surface area contributed by atoms with Crippen LogP contribution in [0.25, 0.3) is 0 Å². The maximum Gasteiger partial charge on any atom is 0.120 e. The third-order valence-electron chi connectivity index (χ3n) is 2.73. The zero-order valence-corrected chi connectivity index (χ0v) is 9.02. The van der Waals surface area contributed by atoms with Crippen molar-refractivity contribution in [1.82, 2.24) is 4.90 Å². The van der Waals surface area contributed by atoms with Gasteiger partial charge in [-0.25, -0.2) is 0 Å². The largest absolute Gasteiger partial charge is 0.489 e. The van der Waals surface area contributed by atoms with Gasteiger partial charge in [0.25, 0.3) is 0 Å². The topological polar surface area (TPSA) is 32.7 Å². The number of benzene rings is 1. The Morgan fingerprint density at radius 3 is 3.07 bits per heavy atom. The molecule has 1 aliphatic rings. The lowest BCUT2D eigenvalue weighted by Gasteiger charge is -2.14. The molecule has 1 aliphatic heterocycles. The summed E-state index contributed by atoms with van der Waals surface area (Å²) in [6, 6.07) is 7.66. The Balaban J connectivity index is 1.98. The van der Waals surface area contributed by atoms with Crippen molar-refractivity contribution in [1.29, 1.82) is 0 Å². The Labute approximate surface area is 90.3 Å². The van der Waals surface area contributed by atoms with Crippen molar-refractivity contribution in [3.63, 3.8) is 0 Å². The maximum absolute atomic E-state index is 9.00. The third kappa shape index (κ3) is 2.70. The molecule has 0 aliphatic carbocycles. The van der Waals surface area contributed by atoms with E-state index in [1.165, 1.54) is 0 Å². The SMILES string of the molecule is CN1CC[C@@H](Oc2cccc(CO)c2)C1. The van der Waals surface area contributed by atoms with Crippen LogP contribution in [0.3, 0.4) is 0 Å². The highest BCUT2D eigenvalue weighted by Gasteiger charge is 2.20. The highest BCUT2D eigenvalue weighted by molar-refractivity contribution is 5.28. The summed E-state index contributed by atoms with van der Waals surface area (Å²) in [5.41, 5.74) is 0.902. The minimum Gasteiger partial charge on any atom is -0.489 e. The lowest BCUT2D eigenvalue weighted by Crippen LogP contribution is -2.21. The van der Waals surface area contributed by atoms with Crippen LogP contribution in [-0.2, 0) is 6.61 Å². The van der Waals surface area contributed by atoms with E-state index < -0.39 is 0 Å². The van der Waals surface area contributed by atoms with Crippen molar-refractivity contribution in [2.45, 2.75) is 19.1 Å². The molecular formula is C12H17NO2. The molecule has 0 bridgehead atoms. The van der Waals surface area contributed by atoms with Crippen molar-refractivity contribution in [2.24, 2.45) is 0 Å². The number of nitrogens with zero attached hydrogens (tertiary/aromatic N) is 1. The fourth-order valence-electron chi connectivity index (χ4n) is 1.90. The lowest BCUT2D eigenvalue weighted by molar-refractivity contribution is 0.207. The van der Waals surface area contributed by atoms with Crippen LogP contribution in [0.15, 0.2) is 24.3 Å². The molecule has 1 fully saturated rings. The summed E-state index contributed by atoms with van der Waals surface area (Å²) in [4.78, 5) is 2.26. The summed E-state index contributed by atoms with van der Waals surface area (Å²) in [5.74, 6) is 0.863. The normalized spacial score (nSPS) is 21.9. The van der Waals surface area contributed by atoms with Crippen LogP contribution < -0.4 is 4.74 Å². The predicted molar refractivity (Wildman–Crippen MR) is 58.9 cm³/mol. The molecule has 0 saturated carbocycles. The Morgan fingerprint density at radius 1 is 1.53 bits per heavy atom. The highest BCUT2D eigenvalue weighted by atomic mass is 16.5. The number of rotatable bonds is 3. The average molecular weight is 207 g/mol. The molecule has 82 valence electrons. The van der Waals surface area contributed by atoms with Gasteiger partial charge >= 0.3 is 0 Å². The fraction of sp³-hybridized carbons (Fsp3) is 0.500. The molecule has 0 spiro atoms. The van der Waals surface area contributed by atoms with Gasteiger partial charge in [-0.1, -0.05) is 12.1 Å².